The predicted octanol–water partition coefficient (Wildman–Crippen LogP) is 5.97. The van der Waals surface area contributed by atoms with E-state index >= 15 is 0 Å². The van der Waals surface area contributed by atoms with Gasteiger partial charge < -0.3 is 16.0 Å². The van der Waals surface area contributed by atoms with Gasteiger partial charge in [0.25, 0.3) is 0 Å². The van der Waals surface area contributed by atoms with Gasteiger partial charge >= 0.3 is 0 Å². The van der Waals surface area contributed by atoms with Crippen molar-refractivity contribution < 1.29 is 4.52 Å². The molecule has 5 nitrogen and oxygen atoms in total. The number of rotatable bonds is 15. The first kappa shape index (κ1) is 25.6. The highest BCUT2D eigenvalue weighted by Crippen LogP contribution is 2.21. The van der Waals surface area contributed by atoms with Crippen LogP contribution in [0.25, 0.3) is 11.4 Å². The predicted molar refractivity (Wildman–Crippen MR) is 123 cm³/mol. The van der Waals surface area contributed by atoms with Crippen molar-refractivity contribution in [3.05, 3.63) is 35.7 Å². The maximum Gasteiger partial charge on any atom is 0.243 e. The lowest BCUT2D eigenvalue weighted by molar-refractivity contribution is 0.346. The Morgan fingerprint density at radius 2 is 1.55 bits per heavy atom. The minimum absolute atomic E-state index is 0. The van der Waals surface area contributed by atoms with Crippen LogP contribution in [0.1, 0.15) is 95.0 Å². The molecule has 164 valence electrons. The highest BCUT2D eigenvalue weighted by atomic mass is 35.5. The Kier molecular flexibility index (Phi) is 13.6. The molecule has 0 spiro atoms. The number of unbranched alkanes of at least 4 members (excludes halogenated alkanes) is 8. The summed E-state index contributed by atoms with van der Waals surface area (Å²) in [4.78, 5) is 4.47. The third kappa shape index (κ3) is 9.75. The summed E-state index contributed by atoms with van der Waals surface area (Å²) in [5, 5.41) is 4.09. The zero-order valence-corrected chi connectivity index (χ0v) is 18.8. The molecular formula is C23H39ClN4O. The number of benzene rings is 1. The van der Waals surface area contributed by atoms with Crippen LogP contribution in [0.3, 0.4) is 0 Å². The third-order valence-electron chi connectivity index (χ3n) is 5.26. The van der Waals surface area contributed by atoms with Crippen LogP contribution in [-0.2, 0) is 6.42 Å². The number of aryl methyl sites for hydroxylation is 1. The molecule has 0 radical (unpaired) electrons. The Hall–Kier alpha value is -1.43. The Morgan fingerprint density at radius 3 is 2.21 bits per heavy atom. The Morgan fingerprint density at radius 1 is 0.897 bits per heavy atom. The van der Waals surface area contributed by atoms with Gasteiger partial charge in [0.2, 0.25) is 11.7 Å². The van der Waals surface area contributed by atoms with E-state index in [-0.39, 0.29) is 18.4 Å². The molecule has 1 aromatic carbocycles. The molecule has 1 heterocycles. The van der Waals surface area contributed by atoms with Gasteiger partial charge in [-0.3, -0.25) is 0 Å². The Balaban J connectivity index is 0.00000420. The van der Waals surface area contributed by atoms with E-state index in [9.17, 15) is 0 Å². The molecule has 0 aliphatic rings. The van der Waals surface area contributed by atoms with E-state index in [0.29, 0.717) is 18.3 Å². The first-order valence-corrected chi connectivity index (χ1v) is 11.1. The largest absolute Gasteiger partial charge is 0.337 e. The molecule has 1 atom stereocenters. The topological polar surface area (TPSA) is 91.0 Å². The molecule has 0 aliphatic carbocycles. The van der Waals surface area contributed by atoms with Crippen LogP contribution < -0.4 is 11.5 Å². The monoisotopic (exact) mass is 422 g/mol. The van der Waals surface area contributed by atoms with Crippen molar-refractivity contribution in [3.8, 4) is 11.4 Å². The molecule has 0 amide bonds. The fourth-order valence-corrected chi connectivity index (χ4v) is 3.42. The van der Waals surface area contributed by atoms with Crippen LogP contribution in [-0.4, -0.2) is 16.7 Å². The van der Waals surface area contributed by atoms with Crippen LogP contribution in [0.15, 0.2) is 28.8 Å². The smallest absolute Gasteiger partial charge is 0.243 e. The summed E-state index contributed by atoms with van der Waals surface area (Å²) in [7, 11) is 0. The third-order valence-corrected chi connectivity index (χ3v) is 5.26. The SMILES string of the molecule is CCCCCCCCCCc1ccc(-c2noc([C@H](N)CCCCN)n2)cc1.Cl. The molecule has 0 aliphatic heterocycles. The van der Waals surface area contributed by atoms with Gasteiger partial charge in [0.15, 0.2) is 0 Å². The van der Waals surface area contributed by atoms with E-state index < -0.39 is 0 Å². The lowest BCUT2D eigenvalue weighted by atomic mass is 10.0. The van der Waals surface area contributed by atoms with Crippen LogP contribution in [0.4, 0.5) is 0 Å². The molecular weight excluding hydrogens is 384 g/mol. The molecule has 0 fully saturated rings. The molecule has 0 bridgehead atoms. The molecule has 0 saturated heterocycles. The van der Waals surface area contributed by atoms with E-state index in [1.165, 1.54) is 56.9 Å². The average Bonchev–Trinajstić information content (AvgIpc) is 3.21. The van der Waals surface area contributed by atoms with E-state index in [1.807, 2.05) is 0 Å². The van der Waals surface area contributed by atoms with Gasteiger partial charge in [-0.15, -0.1) is 12.4 Å². The summed E-state index contributed by atoms with van der Waals surface area (Å²) in [6, 6.07) is 8.29. The van der Waals surface area contributed by atoms with E-state index in [4.69, 9.17) is 16.0 Å². The number of nitrogens with two attached hydrogens (primary N) is 2. The molecule has 2 rings (SSSR count). The summed E-state index contributed by atoms with van der Waals surface area (Å²) < 4.78 is 5.35. The Bertz CT molecular complexity index is 645. The normalized spacial score (nSPS) is 12.0. The fraction of sp³-hybridized carbons (Fsp3) is 0.652. The average molecular weight is 423 g/mol. The lowest BCUT2D eigenvalue weighted by Crippen LogP contribution is -2.11. The zero-order chi connectivity index (χ0) is 20.0. The van der Waals surface area contributed by atoms with Gasteiger partial charge in [0.05, 0.1) is 6.04 Å². The van der Waals surface area contributed by atoms with E-state index in [2.05, 4.69) is 41.3 Å². The van der Waals surface area contributed by atoms with Crippen LogP contribution >= 0.6 is 12.4 Å². The minimum Gasteiger partial charge on any atom is -0.337 e. The van der Waals surface area contributed by atoms with Gasteiger partial charge in [0.1, 0.15) is 0 Å². The quantitative estimate of drug-likeness (QED) is 0.345. The van der Waals surface area contributed by atoms with Crippen LogP contribution in [0.5, 0.6) is 0 Å². The second-order valence-corrected chi connectivity index (χ2v) is 7.77. The molecule has 0 unspecified atom stereocenters. The van der Waals surface area contributed by atoms with Crippen molar-refractivity contribution in [1.29, 1.82) is 0 Å². The molecule has 0 saturated carbocycles. The van der Waals surface area contributed by atoms with Gasteiger partial charge in [0, 0.05) is 5.56 Å². The van der Waals surface area contributed by atoms with E-state index in [1.54, 1.807) is 0 Å². The van der Waals surface area contributed by atoms with Crippen molar-refractivity contribution in [2.45, 2.75) is 90.0 Å². The van der Waals surface area contributed by atoms with Gasteiger partial charge in [-0.2, -0.15) is 4.98 Å². The van der Waals surface area contributed by atoms with Crippen molar-refractivity contribution in [2.75, 3.05) is 6.54 Å². The second kappa shape index (κ2) is 15.4. The zero-order valence-electron chi connectivity index (χ0n) is 17.9. The molecule has 6 heteroatoms. The van der Waals surface area contributed by atoms with Crippen LogP contribution in [0.2, 0.25) is 0 Å². The maximum absolute atomic E-state index is 6.13. The standard InChI is InChI=1S/C23H38N4O.ClH/c1-2-3-4-5-6-7-8-9-12-19-14-16-20(17-15-19)22-26-23(28-27-22)21(25)13-10-11-18-24;/h14-17,21H,2-13,18,24-25H2,1H3;1H/t21-;/m1./s1. The van der Waals surface area contributed by atoms with Gasteiger partial charge in [-0.25, -0.2) is 0 Å². The highest BCUT2D eigenvalue weighted by molar-refractivity contribution is 5.85. The lowest BCUT2D eigenvalue weighted by Gasteiger charge is -2.05. The number of nitrogens with zero attached hydrogens (tertiary/aromatic N) is 2. The summed E-state index contributed by atoms with van der Waals surface area (Å²) in [5.74, 6) is 1.12. The second-order valence-electron chi connectivity index (χ2n) is 7.77. The van der Waals surface area contributed by atoms with Gasteiger partial charge in [-0.05, 0) is 37.8 Å². The summed E-state index contributed by atoms with van der Waals surface area (Å²) in [6.07, 6.45) is 14.7. The van der Waals surface area contributed by atoms with Crippen LogP contribution in [0, 0.1) is 0 Å². The number of hydrogen-bond acceptors (Lipinski definition) is 5. The summed E-state index contributed by atoms with van der Waals surface area (Å²) in [5.41, 5.74) is 14.0. The van der Waals surface area contributed by atoms with Gasteiger partial charge in [-0.1, -0.05) is 87.7 Å². The fourth-order valence-electron chi connectivity index (χ4n) is 3.42. The Labute approximate surface area is 182 Å². The van der Waals surface area contributed by atoms with Crippen molar-refractivity contribution >= 4 is 12.4 Å². The first-order chi connectivity index (χ1) is 13.7. The highest BCUT2D eigenvalue weighted by Gasteiger charge is 2.15. The number of hydrogen-bond donors (Lipinski definition) is 2. The number of aromatic nitrogens is 2. The van der Waals surface area contributed by atoms with Crippen molar-refractivity contribution in [1.82, 2.24) is 10.1 Å². The number of halogens is 1. The maximum atomic E-state index is 6.13. The molecule has 29 heavy (non-hydrogen) atoms. The summed E-state index contributed by atoms with van der Waals surface area (Å²) in [6.45, 7) is 2.95. The molecule has 2 aromatic rings. The van der Waals surface area contributed by atoms with Crippen molar-refractivity contribution in [3.63, 3.8) is 0 Å². The molecule has 4 N–H and O–H groups in total. The first-order valence-electron chi connectivity index (χ1n) is 11.1. The summed E-state index contributed by atoms with van der Waals surface area (Å²) >= 11 is 0. The van der Waals surface area contributed by atoms with Crippen molar-refractivity contribution in [2.24, 2.45) is 11.5 Å². The van der Waals surface area contributed by atoms with E-state index in [0.717, 1.165) is 31.2 Å². The molecule has 1 aromatic heterocycles. The minimum atomic E-state index is -0.214.